The molecule has 0 saturated heterocycles. The maximum atomic E-state index is 9.87. The lowest BCUT2D eigenvalue weighted by molar-refractivity contribution is -0.139. The molecule has 0 saturated carbocycles. The third-order valence-corrected chi connectivity index (χ3v) is 0.729. The molecule has 0 aromatic heterocycles. The van der Waals surface area contributed by atoms with E-state index in [1.807, 2.05) is 19.1 Å². The Hall–Kier alpha value is -1.38. The van der Waals surface area contributed by atoms with Gasteiger partial charge in [-0.15, -0.1) is 0 Å². The molecular weight excluding hydrogens is 156 g/mol. The van der Waals surface area contributed by atoms with Crippen LogP contribution in [0.15, 0.2) is 24.8 Å². The third-order valence-electron chi connectivity index (χ3n) is 0.729. The van der Waals surface area contributed by atoms with E-state index in [2.05, 4.69) is 6.58 Å². The lowest BCUT2D eigenvalue weighted by Gasteiger charge is -1.80. The zero-order valence-electron chi connectivity index (χ0n) is 7.41. The van der Waals surface area contributed by atoms with E-state index in [9.17, 15) is 9.59 Å². The van der Waals surface area contributed by atoms with Gasteiger partial charge in [0.05, 0.1) is 0 Å². The molecule has 0 rings (SSSR count). The Labute approximate surface area is 72.4 Å². The van der Waals surface area contributed by atoms with E-state index in [4.69, 9.17) is 5.11 Å². The number of Topliss-reactive ketones (excluding diaryl/α,β-unsaturated/α-hetero) is 1. The van der Waals surface area contributed by atoms with Gasteiger partial charge in [-0.25, -0.2) is 0 Å². The summed E-state index contributed by atoms with van der Waals surface area (Å²) in [5.41, 5.74) is 0. The first-order chi connectivity index (χ1) is 5.54. The van der Waals surface area contributed by atoms with E-state index >= 15 is 0 Å². The van der Waals surface area contributed by atoms with Crippen LogP contribution in [0, 0.1) is 0 Å². The highest BCUT2D eigenvalue weighted by Crippen LogP contribution is 1.77. The number of carboxylic acids is 1. The molecular formula is C9H14O3. The minimum absolute atomic E-state index is 0.312. The van der Waals surface area contributed by atoms with Gasteiger partial charge in [-0.3, -0.25) is 9.59 Å². The average Bonchev–Trinajstić information content (AvgIpc) is 1.87. The monoisotopic (exact) mass is 170 g/mol. The van der Waals surface area contributed by atoms with Crippen molar-refractivity contribution in [1.82, 2.24) is 0 Å². The van der Waals surface area contributed by atoms with E-state index in [0.717, 1.165) is 0 Å². The molecule has 68 valence electrons. The molecule has 0 aromatic carbocycles. The van der Waals surface area contributed by atoms with E-state index < -0.39 is 5.97 Å². The van der Waals surface area contributed by atoms with Crippen LogP contribution >= 0.6 is 0 Å². The summed E-state index contributed by atoms with van der Waals surface area (Å²) in [6.45, 7) is 6.67. The maximum absolute atomic E-state index is 9.87. The Kier molecular flexibility index (Phi) is 10.6. The van der Waals surface area contributed by atoms with Crippen molar-refractivity contribution in [1.29, 1.82) is 0 Å². The second-order valence-electron chi connectivity index (χ2n) is 2.03. The molecule has 3 nitrogen and oxygen atoms in total. The molecule has 0 amide bonds. The number of carboxylic acid groups (broad SMARTS) is 1. The number of aliphatic carboxylic acids is 1. The number of rotatable bonds is 3. The number of carbonyl (C=O) groups is 2. The Bertz CT molecular complexity index is 168. The summed E-state index contributed by atoms with van der Waals surface area (Å²) in [5.74, 6) is -1.37. The minimum Gasteiger partial charge on any atom is -0.481 e. The summed E-state index contributed by atoms with van der Waals surface area (Å²) < 4.78 is 0. The van der Waals surface area contributed by atoms with E-state index in [1.54, 1.807) is 6.08 Å². The molecule has 0 aliphatic carbocycles. The van der Waals surface area contributed by atoms with E-state index in [-0.39, 0.29) is 12.2 Å². The molecule has 0 aliphatic heterocycles. The van der Waals surface area contributed by atoms with Gasteiger partial charge in [-0.05, 0) is 13.8 Å². The summed E-state index contributed by atoms with van der Waals surface area (Å²) >= 11 is 0. The Balaban J connectivity index is 0. The van der Waals surface area contributed by atoms with Gasteiger partial charge in [-0.1, -0.05) is 24.8 Å². The zero-order valence-corrected chi connectivity index (χ0v) is 7.41. The predicted molar refractivity (Wildman–Crippen MR) is 47.9 cm³/mol. The number of allylic oxidation sites excluding steroid dienone is 3. The minimum atomic E-state index is -1.06. The van der Waals surface area contributed by atoms with Crippen LogP contribution in [0.2, 0.25) is 0 Å². The summed E-state index contributed by atoms with van der Waals surface area (Å²) in [7, 11) is 0. The van der Waals surface area contributed by atoms with Crippen LogP contribution in [0.4, 0.5) is 0 Å². The molecule has 0 heterocycles. The van der Waals surface area contributed by atoms with Gasteiger partial charge >= 0.3 is 5.97 Å². The van der Waals surface area contributed by atoms with Gasteiger partial charge in [0.15, 0.2) is 0 Å². The predicted octanol–water partition coefficient (Wildman–Crippen LogP) is 1.80. The van der Waals surface area contributed by atoms with Crippen molar-refractivity contribution < 1.29 is 14.7 Å². The Morgan fingerprint density at radius 2 is 2.00 bits per heavy atom. The maximum Gasteiger partial charge on any atom is 0.310 e. The SMILES string of the molecule is C=CC=CC.CC(=O)CC(=O)O. The van der Waals surface area contributed by atoms with Crippen molar-refractivity contribution in [2.75, 3.05) is 0 Å². The number of ketones is 1. The first-order valence-corrected chi connectivity index (χ1v) is 3.49. The van der Waals surface area contributed by atoms with Crippen LogP contribution in [-0.2, 0) is 9.59 Å². The van der Waals surface area contributed by atoms with Gasteiger partial charge in [-0.2, -0.15) is 0 Å². The molecule has 0 fully saturated rings. The topological polar surface area (TPSA) is 54.4 Å². The van der Waals surface area contributed by atoms with Crippen LogP contribution in [-0.4, -0.2) is 16.9 Å². The molecule has 0 radical (unpaired) electrons. The van der Waals surface area contributed by atoms with Crippen molar-refractivity contribution in [3.63, 3.8) is 0 Å². The Morgan fingerprint density at radius 1 is 1.50 bits per heavy atom. The highest BCUT2D eigenvalue weighted by molar-refractivity contribution is 5.93. The highest BCUT2D eigenvalue weighted by atomic mass is 16.4. The van der Waals surface area contributed by atoms with Gasteiger partial charge in [0.2, 0.25) is 0 Å². The van der Waals surface area contributed by atoms with E-state index in [0.29, 0.717) is 0 Å². The molecule has 1 N–H and O–H groups in total. The van der Waals surface area contributed by atoms with Crippen molar-refractivity contribution in [3.05, 3.63) is 24.8 Å². The number of hydrogen-bond acceptors (Lipinski definition) is 2. The first-order valence-electron chi connectivity index (χ1n) is 3.49. The zero-order chi connectivity index (χ0) is 9.98. The number of carbonyl (C=O) groups excluding carboxylic acids is 1. The second-order valence-corrected chi connectivity index (χ2v) is 2.03. The summed E-state index contributed by atoms with van der Waals surface area (Å²) in [5, 5.41) is 7.86. The molecule has 0 aromatic rings. The molecule has 0 unspecified atom stereocenters. The molecule has 3 heteroatoms. The molecule has 0 bridgehead atoms. The first kappa shape index (κ1) is 13.2. The van der Waals surface area contributed by atoms with Crippen molar-refractivity contribution >= 4 is 11.8 Å². The van der Waals surface area contributed by atoms with Crippen LogP contribution in [0.5, 0.6) is 0 Å². The second kappa shape index (κ2) is 9.62. The highest BCUT2D eigenvalue weighted by Gasteiger charge is 1.98. The van der Waals surface area contributed by atoms with E-state index in [1.165, 1.54) is 6.92 Å². The summed E-state index contributed by atoms with van der Waals surface area (Å²) in [6.07, 6.45) is 5.22. The number of hydrogen-bond donors (Lipinski definition) is 1. The summed E-state index contributed by atoms with van der Waals surface area (Å²) in [6, 6.07) is 0. The standard InChI is InChI=1S/C5H8.C4H6O3/c1-3-5-4-2;1-3(5)2-4(6)7/h3-5H,1H2,2H3;2H2,1H3,(H,6,7). The molecule has 0 aliphatic rings. The van der Waals surface area contributed by atoms with Crippen LogP contribution in [0.1, 0.15) is 20.3 Å². The quantitative estimate of drug-likeness (QED) is 0.519. The summed E-state index contributed by atoms with van der Waals surface area (Å²) in [4.78, 5) is 19.5. The fourth-order valence-electron chi connectivity index (χ4n) is 0.349. The van der Waals surface area contributed by atoms with Crippen LogP contribution < -0.4 is 0 Å². The van der Waals surface area contributed by atoms with Gasteiger partial charge in [0.25, 0.3) is 0 Å². The normalized spacial score (nSPS) is 8.50. The van der Waals surface area contributed by atoms with Gasteiger partial charge in [0.1, 0.15) is 12.2 Å². The third kappa shape index (κ3) is 23.4. The van der Waals surface area contributed by atoms with Gasteiger partial charge in [0, 0.05) is 0 Å². The van der Waals surface area contributed by atoms with Crippen molar-refractivity contribution in [3.8, 4) is 0 Å². The fourth-order valence-corrected chi connectivity index (χ4v) is 0.349. The van der Waals surface area contributed by atoms with Gasteiger partial charge < -0.3 is 5.11 Å². The Morgan fingerprint density at radius 3 is 2.00 bits per heavy atom. The fraction of sp³-hybridized carbons (Fsp3) is 0.333. The largest absolute Gasteiger partial charge is 0.481 e. The molecule has 0 spiro atoms. The molecule has 12 heavy (non-hydrogen) atoms. The van der Waals surface area contributed by atoms with Crippen molar-refractivity contribution in [2.45, 2.75) is 20.3 Å². The smallest absolute Gasteiger partial charge is 0.310 e. The molecule has 0 atom stereocenters. The lowest BCUT2D eigenvalue weighted by Crippen LogP contribution is -2.00. The van der Waals surface area contributed by atoms with Crippen LogP contribution in [0.25, 0.3) is 0 Å². The lowest BCUT2D eigenvalue weighted by atomic mass is 10.3. The van der Waals surface area contributed by atoms with Crippen LogP contribution in [0.3, 0.4) is 0 Å². The van der Waals surface area contributed by atoms with Crippen molar-refractivity contribution in [2.24, 2.45) is 0 Å². The average molecular weight is 170 g/mol.